The molecule has 0 spiro atoms. The molecule has 2 bridgehead atoms. The van der Waals surface area contributed by atoms with Crippen molar-refractivity contribution < 1.29 is 23.9 Å². The van der Waals surface area contributed by atoms with Crippen molar-refractivity contribution in [2.75, 3.05) is 0 Å². The number of fused-ring (bicyclic) bond motifs is 2. The summed E-state index contributed by atoms with van der Waals surface area (Å²) in [5.74, 6) is 0.215. The summed E-state index contributed by atoms with van der Waals surface area (Å²) < 4.78 is 9.96. The summed E-state index contributed by atoms with van der Waals surface area (Å²) in [6, 6.07) is 0. The molecule has 1 aliphatic heterocycles. The second kappa shape index (κ2) is 7.54. The summed E-state index contributed by atoms with van der Waals surface area (Å²) in [5.41, 5.74) is -0.124. The molecule has 0 saturated heterocycles. The number of esters is 3. The van der Waals surface area contributed by atoms with Crippen LogP contribution in [-0.4, -0.2) is 23.5 Å². The normalized spacial score (nSPS) is 31.5. The molecule has 3 aliphatic carbocycles. The summed E-state index contributed by atoms with van der Waals surface area (Å²) in [6.45, 7) is 2.17. The lowest BCUT2D eigenvalue weighted by atomic mass is 9.82. The van der Waals surface area contributed by atoms with Crippen LogP contribution in [-0.2, 0) is 23.9 Å². The summed E-state index contributed by atoms with van der Waals surface area (Å²) in [7, 11) is 0. The molecule has 0 N–H and O–H groups in total. The van der Waals surface area contributed by atoms with E-state index in [0.717, 1.165) is 37.8 Å². The van der Waals surface area contributed by atoms with Crippen LogP contribution in [0.15, 0.2) is 24.3 Å². The number of hydrogen-bond donors (Lipinski definition) is 0. The van der Waals surface area contributed by atoms with Crippen LogP contribution >= 0.6 is 0 Å². The zero-order valence-electron chi connectivity index (χ0n) is 14.7. The number of hydrogen-bond acceptors (Lipinski definition) is 5. The Bertz CT molecular complexity index is 581. The van der Waals surface area contributed by atoms with E-state index in [-0.39, 0.29) is 17.5 Å². The first-order chi connectivity index (χ1) is 12.0. The predicted molar refractivity (Wildman–Crippen MR) is 91.3 cm³/mol. The van der Waals surface area contributed by atoms with Crippen LogP contribution in [0.2, 0.25) is 0 Å². The van der Waals surface area contributed by atoms with E-state index in [1.165, 1.54) is 25.7 Å². The second-order valence-corrected chi connectivity index (χ2v) is 7.48. The van der Waals surface area contributed by atoms with Gasteiger partial charge in [0.25, 0.3) is 0 Å². The molecule has 2 saturated carbocycles. The van der Waals surface area contributed by atoms with Gasteiger partial charge in [-0.15, -0.1) is 0 Å². The summed E-state index contributed by atoms with van der Waals surface area (Å²) in [6.07, 6.45) is 15.8. The Morgan fingerprint density at radius 3 is 2.24 bits per heavy atom. The molecule has 1 heterocycles. The van der Waals surface area contributed by atoms with Crippen LogP contribution in [0.1, 0.15) is 58.3 Å². The number of rotatable bonds is 3. The molecule has 5 heteroatoms. The third-order valence-electron chi connectivity index (χ3n) is 5.86. The van der Waals surface area contributed by atoms with Gasteiger partial charge in [-0.25, -0.2) is 9.59 Å². The Balaban J connectivity index is 0.000000219. The van der Waals surface area contributed by atoms with Crippen molar-refractivity contribution in [1.29, 1.82) is 0 Å². The lowest BCUT2D eigenvalue weighted by Gasteiger charge is -2.37. The number of carbonyl (C=O) groups excluding carboxylic acids is 3. The molecule has 0 aromatic heterocycles. The highest BCUT2D eigenvalue weighted by molar-refractivity contribution is 6.04. The fourth-order valence-corrected chi connectivity index (χ4v) is 4.37. The average Bonchev–Trinajstić information content (AvgIpc) is 3.33. The zero-order valence-corrected chi connectivity index (χ0v) is 14.7. The fraction of sp³-hybridized carbons (Fsp3) is 0.650. The van der Waals surface area contributed by atoms with Crippen LogP contribution in [0.3, 0.4) is 0 Å². The average molecular weight is 346 g/mol. The maximum absolute atomic E-state index is 12.4. The smallest absolute Gasteiger partial charge is 0.338 e. The molecule has 5 nitrogen and oxygen atoms in total. The van der Waals surface area contributed by atoms with Gasteiger partial charge in [0, 0.05) is 12.2 Å². The molecule has 0 amide bonds. The molecule has 2 fully saturated rings. The molecule has 0 aromatic rings. The Kier molecular flexibility index (Phi) is 5.40. The highest BCUT2D eigenvalue weighted by Gasteiger charge is 2.43. The van der Waals surface area contributed by atoms with Crippen LogP contribution < -0.4 is 0 Å². The first-order valence-corrected chi connectivity index (χ1v) is 9.36. The van der Waals surface area contributed by atoms with Gasteiger partial charge in [0.05, 0.1) is 5.92 Å². The lowest BCUT2D eigenvalue weighted by molar-refractivity contribution is -0.170. The molecular formula is C20H26O5. The van der Waals surface area contributed by atoms with E-state index >= 15 is 0 Å². The number of allylic oxidation sites excluding steroid dienone is 2. The monoisotopic (exact) mass is 346 g/mol. The maximum atomic E-state index is 12.4. The van der Waals surface area contributed by atoms with Gasteiger partial charge in [-0.2, -0.15) is 0 Å². The largest absolute Gasteiger partial charge is 0.459 e. The van der Waals surface area contributed by atoms with Crippen molar-refractivity contribution in [1.82, 2.24) is 0 Å². The fourth-order valence-electron chi connectivity index (χ4n) is 4.37. The third-order valence-corrected chi connectivity index (χ3v) is 5.86. The van der Waals surface area contributed by atoms with E-state index in [1.807, 2.05) is 0 Å². The van der Waals surface area contributed by atoms with Crippen LogP contribution in [0, 0.1) is 17.8 Å². The van der Waals surface area contributed by atoms with Crippen molar-refractivity contribution in [3.8, 4) is 0 Å². The van der Waals surface area contributed by atoms with E-state index in [2.05, 4.69) is 23.8 Å². The Labute approximate surface area is 148 Å². The van der Waals surface area contributed by atoms with Gasteiger partial charge in [0.15, 0.2) is 0 Å². The SMILES string of the molecule is CCC1(OC(=O)C2CC3C=CC2C3)CCCCC1.O=C1C=CC(=O)O1. The molecule has 0 aromatic carbocycles. The summed E-state index contributed by atoms with van der Waals surface area (Å²) in [5, 5.41) is 0. The minimum absolute atomic E-state index is 0.0931. The predicted octanol–water partition coefficient (Wildman–Crippen LogP) is 3.48. The molecule has 25 heavy (non-hydrogen) atoms. The van der Waals surface area contributed by atoms with Crippen molar-refractivity contribution in [2.24, 2.45) is 17.8 Å². The van der Waals surface area contributed by atoms with Gasteiger partial charge in [0.2, 0.25) is 0 Å². The number of ether oxygens (including phenoxy) is 2. The van der Waals surface area contributed by atoms with E-state index in [1.54, 1.807) is 0 Å². The van der Waals surface area contributed by atoms with Gasteiger partial charge >= 0.3 is 17.9 Å². The van der Waals surface area contributed by atoms with Gasteiger partial charge in [-0.1, -0.05) is 25.5 Å². The summed E-state index contributed by atoms with van der Waals surface area (Å²) >= 11 is 0. The molecule has 4 aliphatic rings. The summed E-state index contributed by atoms with van der Waals surface area (Å²) in [4.78, 5) is 32.3. The van der Waals surface area contributed by atoms with E-state index in [9.17, 15) is 14.4 Å². The van der Waals surface area contributed by atoms with Crippen molar-refractivity contribution in [2.45, 2.75) is 63.9 Å². The van der Waals surface area contributed by atoms with E-state index < -0.39 is 11.9 Å². The van der Waals surface area contributed by atoms with Crippen LogP contribution in [0.5, 0.6) is 0 Å². The molecule has 3 atom stereocenters. The van der Waals surface area contributed by atoms with Gasteiger partial charge in [-0.3, -0.25) is 4.79 Å². The molecule has 0 radical (unpaired) electrons. The Morgan fingerprint density at radius 1 is 1.12 bits per heavy atom. The highest BCUT2D eigenvalue weighted by atomic mass is 16.6. The Morgan fingerprint density at radius 2 is 1.80 bits per heavy atom. The molecular weight excluding hydrogens is 320 g/mol. The molecule has 136 valence electrons. The minimum atomic E-state index is -0.579. The minimum Gasteiger partial charge on any atom is -0.459 e. The molecule has 3 unspecified atom stereocenters. The van der Waals surface area contributed by atoms with Crippen LogP contribution in [0.4, 0.5) is 0 Å². The van der Waals surface area contributed by atoms with Gasteiger partial charge in [0.1, 0.15) is 5.60 Å². The first-order valence-electron chi connectivity index (χ1n) is 9.36. The van der Waals surface area contributed by atoms with Gasteiger partial charge in [-0.05, 0) is 56.8 Å². The Hall–Kier alpha value is -1.91. The second-order valence-electron chi connectivity index (χ2n) is 7.48. The zero-order chi connectivity index (χ0) is 17.9. The van der Waals surface area contributed by atoms with E-state index in [4.69, 9.17) is 4.74 Å². The van der Waals surface area contributed by atoms with Crippen molar-refractivity contribution in [3.05, 3.63) is 24.3 Å². The first kappa shape index (κ1) is 17.9. The van der Waals surface area contributed by atoms with Gasteiger partial charge < -0.3 is 9.47 Å². The molecule has 4 rings (SSSR count). The highest BCUT2D eigenvalue weighted by Crippen LogP contribution is 2.45. The van der Waals surface area contributed by atoms with Crippen molar-refractivity contribution in [3.63, 3.8) is 0 Å². The van der Waals surface area contributed by atoms with Crippen LogP contribution in [0.25, 0.3) is 0 Å². The van der Waals surface area contributed by atoms with Crippen molar-refractivity contribution >= 4 is 17.9 Å². The van der Waals surface area contributed by atoms with E-state index in [0.29, 0.717) is 11.8 Å². The number of carbonyl (C=O) groups is 3. The number of cyclic esters (lactones) is 2. The topological polar surface area (TPSA) is 69.7 Å². The maximum Gasteiger partial charge on any atom is 0.338 e. The quantitative estimate of drug-likeness (QED) is 0.444. The standard InChI is InChI=1S/C16H24O2.C4H2O3/c1-2-16(8-4-3-5-9-16)18-15(17)14-11-12-6-7-13(14)10-12;5-3-1-2-4(6)7-3/h6-7,12-14H,2-5,8-11H2,1H3;1-2H. The third kappa shape index (κ3) is 4.20. The lowest BCUT2D eigenvalue weighted by Crippen LogP contribution is -2.39.